The minimum Gasteiger partial charge on any atom is -0.444 e. The van der Waals surface area contributed by atoms with Crippen molar-refractivity contribution in [2.24, 2.45) is 0 Å². The quantitative estimate of drug-likeness (QED) is 0.623. The highest BCUT2D eigenvalue weighted by molar-refractivity contribution is 7.98. The Labute approximate surface area is 140 Å². The van der Waals surface area contributed by atoms with Crippen molar-refractivity contribution in [3.8, 4) is 0 Å². The van der Waals surface area contributed by atoms with E-state index in [-0.39, 0.29) is 5.91 Å². The predicted molar refractivity (Wildman–Crippen MR) is 91.5 cm³/mol. The molecule has 120 valence electrons. The molecule has 1 atom stereocenters. The second kappa shape index (κ2) is 7.83. The van der Waals surface area contributed by atoms with Crippen LogP contribution in [0.4, 0.5) is 0 Å². The molecule has 2 aromatic rings. The normalized spacial score (nSPS) is 11.6. The van der Waals surface area contributed by atoms with Crippen LogP contribution in [0.2, 0.25) is 0 Å². The molecule has 0 spiro atoms. The van der Waals surface area contributed by atoms with Crippen LogP contribution in [-0.2, 0) is 9.53 Å². The SMILES string of the molecule is CSc1ccccc1C(=O)O[C@@H](C(=O)N(C)C)c1ccccc1. The van der Waals surface area contributed by atoms with Crippen molar-refractivity contribution in [1.82, 2.24) is 4.90 Å². The van der Waals surface area contributed by atoms with E-state index in [1.54, 1.807) is 38.4 Å². The number of esters is 1. The molecule has 23 heavy (non-hydrogen) atoms. The van der Waals surface area contributed by atoms with Crippen molar-refractivity contribution in [2.45, 2.75) is 11.0 Å². The zero-order valence-electron chi connectivity index (χ0n) is 13.4. The number of hydrogen-bond acceptors (Lipinski definition) is 4. The van der Waals surface area contributed by atoms with Crippen LogP contribution in [0.3, 0.4) is 0 Å². The summed E-state index contributed by atoms with van der Waals surface area (Å²) in [6.45, 7) is 0. The Morgan fingerprint density at radius 1 is 1.00 bits per heavy atom. The van der Waals surface area contributed by atoms with Crippen molar-refractivity contribution in [3.05, 3.63) is 65.7 Å². The van der Waals surface area contributed by atoms with Crippen LogP contribution in [-0.4, -0.2) is 37.1 Å². The lowest BCUT2D eigenvalue weighted by molar-refractivity contribution is -0.138. The summed E-state index contributed by atoms with van der Waals surface area (Å²) in [5.41, 5.74) is 1.12. The lowest BCUT2D eigenvalue weighted by Gasteiger charge is -2.21. The molecule has 0 aliphatic carbocycles. The van der Waals surface area contributed by atoms with E-state index < -0.39 is 12.1 Å². The molecule has 0 heterocycles. The Morgan fingerprint density at radius 3 is 2.22 bits per heavy atom. The summed E-state index contributed by atoms with van der Waals surface area (Å²) in [5.74, 6) is -0.773. The Morgan fingerprint density at radius 2 is 1.61 bits per heavy atom. The average Bonchev–Trinajstić information content (AvgIpc) is 2.59. The molecule has 0 saturated carbocycles. The van der Waals surface area contributed by atoms with Crippen molar-refractivity contribution in [1.29, 1.82) is 0 Å². The third kappa shape index (κ3) is 4.13. The maximum atomic E-state index is 12.5. The summed E-state index contributed by atoms with van der Waals surface area (Å²) in [7, 11) is 3.28. The maximum Gasteiger partial charge on any atom is 0.340 e. The first-order valence-electron chi connectivity index (χ1n) is 7.14. The van der Waals surface area contributed by atoms with Gasteiger partial charge in [-0.3, -0.25) is 4.79 Å². The van der Waals surface area contributed by atoms with Gasteiger partial charge in [-0.05, 0) is 18.4 Å². The molecule has 0 saturated heterocycles. The number of hydrogen-bond donors (Lipinski definition) is 0. The van der Waals surface area contributed by atoms with Crippen molar-refractivity contribution < 1.29 is 14.3 Å². The molecule has 0 aromatic heterocycles. The van der Waals surface area contributed by atoms with Gasteiger partial charge in [-0.15, -0.1) is 11.8 Å². The fraction of sp³-hybridized carbons (Fsp3) is 0.222. The highest BCUT2D eigenvalue weighted by Crippen LogP contribution is 2.25. The fourth-order valence-corrected chi connectivity index (χ4v) is 2.69. The Kier molecular flexibility index (Phi) is 5.82. The summed E-state index contributed by atoms with van der Waals surface area (Å²) < 4.78 is 5.54. The predicted octanol–water partition coefficient (Wildman–Crippen LogP) is 3.39. The van der Waals surface area contributed by atoms with E-state index in [2.05, 4.69) is 0 Å². The van der Waals surface area contributed by atoms with Gasteiger partial charge in [0.15, 0.2) is 0 Å². The molecule has 0 aliphatic heterocycles. The maximum absolute atomic E-state index is 12.5. The molecule has 4 nitrogen and oxygen atoms in total. The van der Waals surface area contributed by atoms with Crippen LogP contribution >= 0.6 is 11.8 Å². The molecule has 0 fully saturated rings. The first-order chi connectivity index (χ1) is 11.0. The molecule has 0 radical (unpaired) electrons. The molecular formula is C18H19NO3S. The van der Waals surface area contributed by atoms with E-state index in [1.807, 2.05) is 36.6 Å². The molecule has 0 aliphatic rings. The highest BCUT2D eigenvalue weighted by atomic mass is 32.2. The van der Waals surface area contributed by atoms with Gasteiger partial charge in [-0.2, -0.15) is 0 Å². The first kappa shape index (κ1) is 17.1. The van der Waals surface area contributed by atoms with Crippen molar-refractivity contribution in [2.75, 3.05) is 20.4 Å². The smallest absolute Gasteiger partial charge is 0.340 e. The van der Waals surface area contributed by atoms with Gasteiger partial charge < -0.3 is 9.64 Å². The zero-order valence-corrected chi connectivity index (χ0v) is 14.2. The van der Waals surface area contributed by atoms with Gasteiger partial charge in [-0.1, -0.05) is 42.5 Å². The number of nitrogens with zero attached hydrogens (tertiary/aromatic N) is 1. The summed E-state index contributed by atoms with van der Waals surface area (Å²) in [6, 6.07) is 16.2. The largest absolute Gasteiger partial charge is 0.444 e. The summed E-state index contributed by atoms with van der Waals surface area (Å²) in [6.07, 6.45) is 0.944. The third-order valence-electron chi connectivity index (χ3n) is 3.32. The molecule has 1 amide bonds. The number of ether oxygens (including phenoxy) is 1. The van der Waals surface area contributed by atoms with E-state index in [4.69, 9.17) is 4.74 Å². The van der Waals surface area contributed by atoms with Gasteiger partial charge in [0.05, 0.1) is 5.56 Å². The Balaban J connectivity index is 2.31. The lowest BCUT2D eigenvalue weighted by atomic mass is 10.1. The van der Waals surface area contributed by atoms with E-state index in [0.717, 1.165) is 4.90 Å². The summed E-state index contributed by atoms with van der Waals surface area (Å²) in [5, 5.41) is 0. The second-order valence-corrected chi connectivity index (χ2v) is 5.98. The van der Waals surface area contributed by atoms with Gasteiger partial charge >= 0.3 is 5.97 Å². The van der Waals surface area contributed by atoms with E-state index >= 15 is 0 Å². The van der Waals surface area contributed by atoms with Crippen molar-refractivity contribution >= 4 is 23.6 Å². The van der Waals surface area contributed by atoms with Gasteiger partial charge in [0, 0.05) is 24.6 Å². The first-order valence-corrected chi connectivity index (χ1v) is 8.37. The second-order valence-electron chi connectivity index (χ2n) is 5.13. The molecule has 2 rings (SSSR count). The number of thioether (sulfide) groups is 1. The van der Waals surface area contributed by atoms with Crippen LogP contribution in [0.5, 0.6) is 0 Å². The van der Waals surface area contributed by atoms with E-state index in [0.29, 0.717) is 11.1 Å². The molecule has 0 unspecified atom stereocenters. The number of carbonyl (C=O) groups is 2. The minimum atomic E-state index is -0.950. The highest BCUT2D eigenvalue weighted by Gasteiger charge is 2.27. The fourth-order valence-electron chi connectivity index (χ4n) is 2.11. The van der Waals surface area contributed by atoms with Crippen LogP contribution in [0.25, 0.3) is 0 Å². The molecule has 0 N–H and O–H groups in total. The number of benzene rings is 2. The zero-order chi connectivity index (χ0) is 16.8. The topological polar surface area (TPSA) is 46.6 Å². The third-order valence-corrected chi connectivity index (χ3v) is 4.11. The minimum absolute atomic E-state index is 0.272. The van der Waals surface area contributed by atoms with Gasteiger partial charge in [-0.25, -0.2) is 4.79 Å². The van der Waals surface area contributed by atoms with E-state index in [1.165, 1.54) is 16.7 Å². The summed E-state index contributed by atoms with van der Waals surface area (Å²) >= 11 is 1.47. The number of amides is 1. The Bertz CT molecular complexity index is 686. The molecule has 5 heteroatoms. The number of rotatable bonds is 5. The van der Waals surface area contributed by atoms with Gasteiger partial charge in [0.25, 0.3) is 5.91 Å². The van der Waals surface area contributed by atoms with Crippen molar-refractivity contribution in [3.63, 3.8) is 0 Å². The van der Waals surface area contributed by atoms with Gasteiger partial charge in [0.2, 0.25) is 6.10 Å². The Hall–Kier alpha value is -2.27. The molecule has 0 bridgehead atoms. The standard InChI is InChI=1S/C18H19NO3S/c1-19(2)17(20)16(13-9-5-4-6-10-13)22-18(21)14-11-7-8-12-15(14)23-3/h4-12,16H,1-3H3/t16-/m1/s1. The number of likely N-dealkylation sites (N-methyl/N-ethyl adjacent to an activating group) is 1. The lowest BCUT2D eigenvalue weighted by Crippen LogP contribution is -2.31. The molecular weight excluding hydrogens is 310 g/mol. The van der Waals surface area contributed by atoms with Crippen LogP contribution in [0.15, 0.2) is 59.5 Å². The van der Waals surface area contributed by atoms with Gasteiger partial charge in [0.1, 0.15) is 0 Å². The monoisotopic (exact) mass is 329 g/mol. The van der Waals surface area contributed by atoms with Crippen LogP contribution in [0, 0.1) is 0 Å². The van der Waals surface area contributed by atoms with Crippen LogP contribution < -0.4 is 0 Å². The average molecular weight is 329 g/mol. The number of carbonyl (C=O) groups excluding carboxylic acids is 2. The molecule has 2 aromatic carbocycles. The van der Waals surface area contributed by atoms with E-state index in [9.17, 15) is 9.59 Å². The van der Waals surface area contributed by atoms with Crippen LogP contribution in [0.1, 0.15) is 22.0 Å². The summed E-state index contributed by atoms with van der Waals surface area (Å²) in [4.78, 5) is 27.2.